The second kappa shape index (κ2) is 11.6. The highest BCUT2D eigenvalue weighted by molar-refractivity contribution is 7.80. The van der Waals surface area contributed by atoms with Crippen LogP contribution in [0.1, 0.15) is 46.5 Å². The van der Waals surface area contributed by atoms with E-state index in [0.717, 1.165) is 19.3 Å². The minimum Gasteiger partial charge on any atom is -0.344 e. The number of hydrogen-bond acceptors (Lipinski definition) is 5. The van der Waals surface area contributed by atoms with Crippen molar-refractivity contribution in [3.8, 4) is 0 Å². The summed E-state index contributed by atoms with van der Waals surface area (Å²) in [6.07, 6.45) is 3.16. The fraction of sp³-hybridized carbons (Fsp3) is 0.579. The SMILES string of the molecule is CCCCC(CS)C(=O)N[C@@H](CC(C)C)C(=O)Nc1ccc([N+](=O)[O-])cc1. The number of carbonyl (C=O) groups is 2. The van der Waals surface area contributed by atoms with Crippen LogP contribution in [0, 0.1) is 22.0 Å². The third-order valence-corrected chi connectivity index (χ3v) is 4.62. The maximum atomic E-state index is 12.6. The molecule has 0 aromatic heterocycles. The normalized spacial score (nSPS) is 13.1. The summed E-state index contributed by atoms with van der Waals surface area (Å²) in [4.78, 5) is 35.4. The molecule has 2 N–H and O–H groups in total. The molecular formula is C19H29N3O4S. The third-order valence-electron chi connectivity index (χ3n) is 4.18. The molecule has 0 bridgehead atoms. The molecule has 27 heavy (non-hydrogen) atoms. The molecule has 2 atom stereocenters. The van der Waals surface area contributed by atoms with Crippen LogP contribution in [0.15, 0.2) is 24.3 Å². The van der Waals surface area contributed by atoms with Crippen molar-refractivity contribution in [1.29, 1.82) is 0 Å². The van der Waals surface area contributed by atoms with Crippen LogP contribution in [0.3, 0.4) is 0 Å². The van der Waals surface area contributed by atoms with Gasteiger partial charge in [0.05, 0.1) is 4.92 Å². The largest absolute Gasteiger partial charge is 0.344 e. The van der Waals surface area contributed by atoms with Crippen LogP contribution < -0.4 is 10.6 Å². The lowest BCUT2D eigenvalue weighted by Gasteiger charge is -2.23. The number of nitro benzene ring substituents is 1. The summed E-state index contributed by atoms with van der Waals surface area (Å²) in [5.74, 6) is -0.0788. The van der Waals surface area contributed by atoms with E-state index < -0.39 is 11.0 Å². The molecule has 0 saturated heterocycles. The fourth-order valence-corrected chi connectivity index (χ4v) is 2.99. The van der Waals surface area contributed by atoms with Gasteiger partial charge in [-0.25, -0.2) is 0 Å². The maximum absolute atomic E-state index is 12.6. The Morgan fingerprint density at radius 3 is 2.30 bits per heavy atom. The molecule has 0 aliphatic carbocycles. The zero-order chi connectivity index (χ0) is 20.4. The number of nitro groups is 1. The van der Waals surface area contributed by atoms with Crippen molar-refractivity contribution in [3.63, 3.8) is 0 Å². The standard InChI is InChI=1S/C19H29N3O4S/c1-4-5-6-14(12-27)18(23)21-17(11-13(2)3)19(24)20-15-7-9-16(10-8-15)22(25)26/h7-10,13-14,17,27H,4-6,11-12H2,1-3H3,(H,20,24)(H,21,23)/t14?,17-/m0/s1. The van der Waals surface area contributed by atoms with E-state index in [1.807, 2.05) is 13.8 Å². The van der Waals surface area contributed by atoms with E-state index in [4.69, 9.17) is 0 Å². The molecule has 8 heteroatoms. The predicted octanol–water partition coefficient (Wildman–Crippen LogP) is 3.80. The number of amides is 2. The van der Waals surface area contributed by atoms with E-state index in [-0.39, 0.29) is 29.3 Å². The first-order chi connectivity index (χ1) is 12.8. The second-order valence-electron chi connectivity index (χ2n) is 7.01. The molecule has 0 heterocycles. The first kappa shape index (κ1) is 23.0. The number of rotatable bonds is 11. The van der Waals surface area contributed by atoms with Gasteiger partial charge in [-0.2, -0.15) is 12.6 Å². The van der Waals surface area contributed by atoms with Gasteiger partial charge in [-0.1, -0.05) is 33.6 Å². The highest BCUT2D eigenvalue weighted by Gasteiger charge is 2.25. The summed E-state index contributed by atoms with van der Waals surface area (Å²) in [5, 5.41) is 16.3. The van der Waals surface area contributed by atoms with Crippen LogP contribution in [0.4, 0.5) is 11.4 Å². The lowest BCUT2D eigenvalue weighted by Crippen LogP contribution is -2.47. The van der Waals surface area contributed by atoms with E-state index in [9.17, 15) is 19.7 Å². The lowest BCUT2D eigenvalue weighted by molar-refractivity contribution is -0.384. The summed E-state index contributed by atoms with van der Waals surface area (Å²) in [7, 11) is 0. The van der Waals surface area contributed by atoms with Gasteiger partial charge in [0.25, 0.3) is 5.69 Å². The molecule has 0 aliphatic rings. The van der Waals surface area contributed by atoms with Gasteiger partial charge in [0.1, 0.15) is 6.04 Å². The van der Waals surface area contributed by atoms with E-state index in [1.165, 1.54) is 24.3 Å². The number of benzene rings is 1. The molecule has 1 aromatic carbocycles. The Balaban J connectivity index is 2.80. The van der Waals surface area contributed by atoms with E-state index in [0.29, 0.717) is 17.9 Å². The first-order valence-electron chi connectivity index (χ1n) is 9.25. The van der Waals surface area contributed by atoms with Gasteiger partial charge in [-0.15, -0.1) is 0 Å². The van der Waals surface area contributed by atoms with Crippen molar-refractivity contribution in [2.24, 2.45) is 11.8 Å². The Morgan fingerprint density at radius 2 is 1.81 bits per heavy atom. The van der Waals surface area contributed by atoms with Crippen LogP contribution in [0.25, 0.3) is 0 Å². The van der Waals surface area contributed by atoms with Gasteiger partial charge in [0, 0.05) is 29.5 Å². The number of anilines is 1. The molecule has 2 amide bonds. The molecule has 0 spiro atoms. The van der Waals surface area contributed by atoms with Crippen LogP contribution in [-0.2, 0) is 9.59 Å². The van der Waals surface area contributed by atoms with Gasteiger partial charge in [-0.3, -0.25) is 19.7 Å². The summed E-state index contributed by atoms with van der Waals surface area (Å²) in [6, 6.07) is 4.93. The van der Waals surface area contributed by atoms with Crippen molar-refractivity contribution in [2.45, 2.75) is 52.5 Å². The number of nitrogens with zero attached hydrogens (tertiary/aromatic N) is 1. The van der Waals surface area contributed by atoms with E-state index in [1.54, 1.807) is 0 Å². The van der Waals surface area contributed by atoms with Crippen molar-refractivity contribution < 1.29 is 14.5 Å². The van der Waals surface area contributed by atoms with Gasteiger partial charge in [0.2, 0.25) is 11.8 Å². The number of non-ortho nitro benzene ring substituents is 1. The quantitative estimate of drug-likeness (QED) is 0.301. The smallest absolute Gasteiger partial charge is 0.269 e. The van der Waals surface area contributed by atoms with Crippen molar-refractivity contribution in [1.82, 2.24) is 5.32 Å². The minimum absolute atomic E-state index is 0.0485. The molecule has 0 aliphatic heterocycles. The Kier molecular flexibility index (Phi) is 9.85. The average molecular weight is 396 g/mol. The number of unbranched alkanes of at least 4 members (excludes halogenated alkanes) is 1. The minimum atomic E-state index is -0.670. The van der Waals surface area contributed by atoms with Gasteiger partial charge < -0.3 is 10.6 Å². The third kappa shape index (κ3) is 7.99. The fourth-order valence-electron chi connectivity index (χ4n) is 2.64. The van der Waals surface area contributed by atoms with Crippen LogP contribution in [-0.4, -0.2) is 28.5 Å². The highest BCUT2D eigenvalue weighted by atomic mass is 32.1. The van der Waals surface area contributed by atoms with Gasteiger partial charge in [0.15, 0.2) is 0 Å². The van der Waals surface area contributed by atoms with Crippen molar-refractivity contribution >= 4 is 35.8 Å². The lowest BCUT2D eigenvalue weighted by atomic mass is 9.99. The molecular weight excluding hydrogens is 366 g/mol. The summed E-state index contributed by atoms with van der Waals surface area (Å²) in [5.41, 5.74) is 0.401. The first-order valence-corrected chi connectivity index (χ1v) is 9.88. The van der Waals surface area contributed by atoms with Crippen LogP contribution >= 0.6 is 12.6 Å². The predicted molar refractivity (Wildman–Crippen MR) is 110 cm³/mol. The van der Waals surface area contributed by atoms with E-state index >= 15 is 0 Å². The summed E-state index contributed by atoms with van der Waals surface area (Å²) in [6.45, 7) is 6.02. The zero-order valence-corrected chi connectivity index (χ0v) is 17.0. The van der Waals surface area contributed by atoms with E-state index in [2.05, 4.69) is 30.2 Å². The Bertz CT molecular complexity index is 634. The highest BCUT2D eigenvalue weighted by Crippen LogP contribution is 2.17. The Labute approximate surface area is 165 Å². The van der Waals surface area contributed by atoms with Gasteiger partial charge >= 0.3 is 0 Å². The molecule has 0 saturated carbocycles. The number of nitrogens with one attached hydrogen (secondary N) is 2. The number of hydrogen-bond donors (Lipinski definition) is 3. The molecule has 150 valence electrons. The van der Waals surface area contributed by atoms with Gasteiger partial charge in [-0.05, 0) is 30.9 Å². The topological polar surface area (TPSA) is 101 Å². The zero-order valence-electron chi connectivity index (χ0n) is 16.1. The maximum Gasteiger partial charge on any atom is 0.269 e. The van der Waals surface area contributed by atoms with Crippen molar-refractivity contribution in [3.05, 3.63) is 34.4 Å². The summed E-state index contributed by atoms with van der Waals surface area (Å²) < 4.78 is 0. The average Bonchev–Trinajstić information content (AvgIpc) is 2.61. The van der Waals surface area contributed by atoms with Crippen LogP contribution in [0.5, 0.6) is 0 Å². The Hall–Kier alpha value is -2.09. The molecule has 7 nitrogen and oxygen atoms in total. The van der Waals surface area contributed by atoms with Crippen molar-refractivity contribution in [2.75, 3.05) is 11.1 Å². The molecule has 1 aromatic rings. The second-order valence-corrected chi connectivity index (χ2v) is 7.37. The molecule has 0 fully saturated rings. The number of carbonyl (C=O) groups excluding carboxylic acids is 2. The number of thiol groups is 1. The monoisotopic (exact) mass is 395 g/mol. The summed E-state index contributed by atoms with van der Waals surface area (Å²) >= 11 is 4.26. The molecule has 1 rings (SSSR count). The molecule has 1 unspecified atom stereocenters. The molecule has 0 radical (unpaired) electrons. The Morgan fingerprint density at radius 1 is 1.19 bits per heavy atom. The van der Waals surface area contributed by atoms with Crippen LogP contribution in [0.2, 0.25) is 0 Å².